The molecular weight excluding hydrogens is 343 g/mol. The topological polar surface area (TPSA) is 29.5 Å². The number of halogens is 3. The first kappa shape index (κ1) is 16.9. The molecule has 2 aromatic rings. The molecule has 1 fully saturated rings. The third-order valence-electron chi connectivity index (χ3n) is 5.17. The quantitative estimate of drug-likeness (QED) is 0.786. The molecule has 0 N–H and O–H groups in total. The Morgan fingerprint density at radius 2 is 1.88 bits per heavy atom. The Hall–Kier alpha value is -2.50. The van der Waals surface area contributed by atoms with Gasteiger partial charge in [0.25, 0.3) is 0 Å². The normalized spacial score (nSPS) is 22.1. The van der Waals surface area contributed by atoms with Gasteiger partial charge in [0.05, 0.1) is 0 Å². The number of fused-ring (bicyclic) bond motifs is 4. The first-order chi connectivity index (χ1) is 12.4. The Bertz CT molecular complexity index is 820. The lowest BCUT2D eigenvalue weighted by atomic mass is 9.75. The van der Waals surface area contributed by atoms with Gasteiger partial charge in [-0.2, -0.15) is 0 Å². The van der Waals surface area contributed by atoms with Gasteiger partial charge >= 0.3 is 6.36 Å². The second kappa shape index (κ2) is 6.34. The highest BCUT2D eigenvalue weighted by atomic mass is 19.4. The molecule has 6 heteroatoms. The molecule has 1 saturated carbocycles. The van der Waals surface area contributed by atoms with Crippen LogP contribution in [0.5, 0.6) is 5.75 Å². The van der Waals surface area contributed by atoms with Gasteiger partial charge in [0.1, 0.15) is 11.5 Å². The van der Waals surface area contributed by atoms with Crippen LogP contribution in [-0.4, -0.2) is 18.2 Å². The summed E-state index contributed by atoms with van der Waals surface area (Å²) in [7, 11) is 0. The van der Waals surface area contributed by atoms with Gasteiger partial charge in [-0.25, -0.2) is 0 Å². The van der Waals surface area contributed by atoms with E-state index in [1.54, 1.807) is 6.07 Å². The maximum absolute atomic E-state index is 12.6. The zero-order chi connectivity index (χ0) is 18.3. The molecule has 2 atom stereocenters. The molecule has 1 heterocycles. The second-order valence-corrected chi connectivity index (χ2v) is 6.83. The molecule has 0 amide bonds. The molecule has 136 valence electrons. The highest BCUT2D eigenvalue weighted by Gasteiger charge is 2.40. The van der Waals surface area contributed by atoms with Crippen molar-refractivity contribution >= 4 is 11.5 Å². The number of hydrogen-bond donors (Lipinski definition) is 0. The van der Waals surface area contributed by atoms with E-state index in [2.05, 4.69) is 9.64 Å². The van der Waals surface area contributed by atoms with E-state index < -0.39 is 6.36 Å². The number of ether oxygens (including phenoxy) is 1. The second-order valence-electron chi connectivity index (χ2n) is 6.83. The Morgan fingerprint density at radius 3 is 2.62 bits per heavy atom. The third kappa shape index (κ3) is 3.28. The summed E-state index contributed by atoms with van der Waals surface area (Å²) in [6.07, 6.45) is -2.85. The Balaban J connectivity index is 1.72. The van der Waals surface area contributed by atoms with Crippen molar-refractivity contribution in [3.05, 3.63) is 59.7 Å². The summed E-state index contributed by atoms with van der Waals surface area (Å²) in [6.45, 7) is 0.666. The van der Waals surface area contributed by atoms with E-state index in [0.29, 0.717) is 24.9 Å². The number of carbonyl (C=O) groups excluding carboxylic acids is 1. The summed E-state index contributed by atoms with van der Waals surface area (Å²) in [5, 5.41) is 0. The number of alkyl halides is 3. The zero-order valence-corrected chi connectivity index (χ0v) is 14.0. The summed E-state index contributed by atoms with van der Waals surface area (Å²) in [6, 6.07) is 14.5. The Labute approximate surface area is 149 Å². The van der Waals surface area contributed by atoms with Crippen molar-refractivity contribution in [3.63, 3.8) is 0 Å². The first-order valence-electron chi connectivity index (χ1n) is 8.64. The van der Waals surface area contributed by atoms with Crippen LogP contribution in [0.3, 0.4) is 0 Å². The van der Waals surface area contributed by atoms with Gasteiger partial charge in [-0.1, -0.05) is 30.3 Å². The van der Waals surface area contributed by atoms with Crippen LogP contribution in [0.1, 0.15) is 36.3 Å². The van der Waals surface area contributed by atoms with E-state index >= 15 is 0 Å². The molecule has 0 aromatic heterocycles. The fraction of sp³-hybridized carbons (Fsp3) is 0.350. The summed E-state index contributed by atoms with van der Waals surface area (Å²) in [5.41, 5.74) is 2.60. The van der Waals surface area contributed by atoms with E-state index in [9.17, 15) is 18.0 Å². The maximum Gasteiger partial charge on any atom is 0.573 e. The lowest BCUT2D eigenvalue weighted by Crippen LogP contribution is -2.45. The predicted molar refractivity (Wildman–Crippen MR) is 91.1 cm³/mol. The van der Waals surface area contributed by atoms with Crippen molar-refractivity contribution in [2.45, 2.75) is 44.1 Å². The van der Waals surface area contributed by atoms with Gasteiger partial charge in [-0.15, -0.1) is 13.2 Å². The molecule has 0 spiro atoms. The molecule has 2 aliphatic rings. The van der Waals surface area contributed by atoms with Crippen LogP contribution < -0.4 is 9.64 Å². The SMILES string of the molecule is O=C1CC[C@@H]2C[C@H]1c1cc(OC(F)(F)F)ccc1N2Cc1ccccc1. The van der Waals surface area contributed by atoms with Crippen LogP contribution in [0.15, 0.2) is 48.5 Å². The van der Waals surface area contributed by atoms with E-state index in [-0.39, 0.29) is 23.5 Å². The van der Waals surface area contributed by atoms with Gasteiger partial charge in [0.2, 0.25) is 0 Å². The molecule has 0 radical (unpaired) electrons. The van der Waals surface area contributed by atoms with Crippen LogP contribution in [0, 0.1) is 0 Å². The minimum Gasteiger partial charge on any atom is -0.406 e. The van der Waals surface area contributed by atoms with Crippen molar-refractivity contribution in [3.8, 4) is 5.75 Å². The van der Waals surface area contributed by atoms with Crippen LogP contribution in [0.25, 0.3) is 0 Å². The van der Waals surface area contributed by atoms with E-state index in [0.717, 1.165) is 17.7 Å². The van der Waals surface area contributed by atoms with Gasteiger partial charge in [-0.3, -0.25) is 4.79 Å². The third-order valence-corrected chi connectivity index (χ3v) is 5.17. The molecular formula is C20H18F3NO2. The Kier molecular flexibility index (Phi) is 4.13. The summed E-state index contributed by atoms with van der Waals surface area (Å²) in [4.78, 5) is 14.6. The lowest BCUT2D eigenvalue weighted by molar-refractivity contribution is -0.274. The molecule has 0 saturated heterocycles. The molecule has 2 bridgehead atoms. The maximum atomic E-state index is 12.6. The highest BCUT2D eigenvalue weighted by molar-refractivity contribution is 5.90. The monoisotopic (exact) mass is 361 g/mol. The van der Waals surface area contributed by atoms with Gasteiger partial charge in [0.15, 0.2) is 0 Å². The van der Waals surface area contributed by atoms with Gasteiger partial charge in [-0.05, 0) is 42.2 Å². The summed E-state index contributed by atoms with van der Waals surface area (Å²) >= 11 is 0. The number of rotatable bonds is 3. The van der Waals surface area contributed by atoms with Crippen LogP contribution in [0.2, 0.25) is 0 Å². The first-order valence-corrected chi connectivity index (χ1v) is 8.64. The number of nitrogens with zero attached hydrogens (tertiary/aromatic N) is 1. The summed E-state index contributed by atoms with van der Waals surface area (Å²) < 4.78 is 41.8. The number of ketones is 1. The number of anilines is 1. The van der Waals surface area contributed by atoms with Crippen LogP contribution >= 0.6 is 0 Å². The number of hydrogen-bond acceptors (Lipinski definition) is 3. The standard InChI is InChI=1S/C20H18F3NO2/c21-20(22,23)26-15-7-8-18-16(11-15)17-10-14(6-9-19(17)25)24(18)12-13-4-2-1-3-5-13/h1-5,7-8,11,14,17H,6,9-10,12H2/t14-,17+/m1/s1. The van der Waals surface area contributed by atoms with E-state index in [1.165, 1.54) is 12.1 Å². The van der Waals surface area contributed by atoms with E-state index in [4.69, 9.17) is 0 Å². The van der Waals surface area contributed by atoms with Crippen LogP contribution in [-0.2, 0) is 11.3 Å². The molecule has 4 rings (SSSR count). The minimum atomic E-state index is -4.74. The average Bonchev–Trinajstić information content (AvgIpc) is 2.60. The molecule has 3 nitrogen and oxygen atoms in total. The molecule has 2 aromatic carbocycles. The van der Waals surface area contributed by atoms with Crippen molar-refractivity contribution in [1.29, 1.82) is 0 Å². The Morgan fingerprint density at radius 1 is 1.12 bits per heavy atom. The molecule has 1 aliphatic carbocycles. The minimum absolute atomic E-state index is 0.103. The van der Waals surface area contributed by atoms with Crippen LogP contribution in [0.4, 0.5) is 18.9 Å². The van der Waals surface area contributed by atoms with Gasteiger partial charge < -0.3 is 9.64 Å². The smallest absolute Gasteiger partial charge is 0.406 e. The molecule has 1 aliphatic heterocycles. The number of benzene rings is 2. The zero-order valence-electron chi connectivity index (χ0n) is 14.0. The molecule has 26 heavy (non-hydrogen) atoms. The van der Waals surface area contributed by atoms with Gasteiger partial charge in [0, 0.05) is 30.6 Å². The van der Waals surface area contributed by atoms with E-state index in [1.807, 2.05) is 30.3 Å². The largest absolute Gasteiger partial charge is 0.573 e. The molecule has 0 unspecified atom stereocenters. The van der Waals surface area contributed by atoms with Crippen molar-refractivity contribution in [1.82, 2.24) is 0 Å². The number of Topliss-reactive ketones (excluding diaryl/α,β-unsaturated/α-hetero) is 1. The average molecular weight is 361 g/mol. The van der Waals surface area contributed by atoms with Crippen molar-refractivity contribution < 1.29 is 22.7 Å². The predicted octanol–water partition coefficient (Wildman–Crippen LogP) is 4.81. The highest BCUT2D eigenvalue weighted by Crippen LogP contribution is 2.46. The lowest BCUT2D eigenvalue weighted by Gasteiger charge is -2.45. The number of carbonyl (C=O) groups is 1. The fourth-order valence-corrected chi connectivity index (χ4v) is 4.05. The fourth-order valence-electron chi connectivity index (χ4n) is 4.05. The summed E-state index contributed by atoms with van der Waals surface area (Å²) in [5.74, 6) is -0.508. The van der Waals surface area contributed by atoms with Crippen molar-refractivity contribution in [2.24, 2.45) is 0 Å². The van der Waals surface area contributed by atoms with Crippen molar-refractivity contribution in [2.75, 3.05) is 4.90 Å².